The molecule has 6 nitrogen and oxygen atoms in total. The number of benzene rings is 2. The molecule has 0 unspecified atom stereocenters. The highest BCUT2D eigenvalue weighted by Gasteiger charge is 2.08. The maximum Gasteiger partial charge on any atom is 0.269 e. The Morgan fingerprint density at radius 3 is 2.38 bits per heavy atom. The van der Waals surface area contributed by atoms with Crippen molar-refractivity contribution in [1.29, 1.82) is 0 Å². The monoisotopic (exact) mass is 438 g/mol. The molecular formula is C21H24Cl2N2O4. The normalized spacial score (nSPS) is 10.5. The van der Waals surface area contributed by atoms with Gasteiger partial charge in [0.2, 0.25) is 5.91 Å². The van der Waals surface area contributed by atoms with Crippen molar-refractivity contribution in [2.75, 3.05) is 13.2 Å². The van der Waals surface area contributed by atoms with Crippen molar-refractivity contribution in [3.63, 3.8) is 0 Å². The van der Waals surface area contributed by atoms with E-state index in [4.69, 9.17) is 32.7 Å². The Labute approximate surface area is 180 Å². The molecular weight excluding hydrogens is 415 g/mol. The van der Waals surface area contributed by atoms with Crippen LogP contribution in [0.5, 0.6) is 11.5 Å². The van der Waals surface area contributed by atoms with Crippen molar-refractivity contribution < 1.29 is 19.1 Å². The number of carbonyl (C=O) groups is 2. The van der Waals surface area contributed by atoms with E-state index in [9.17, 15) is 9.59 Å². The lowest BCUT2D eigenvalue weighted by atomic mass is 10.2. The highest BCUT2D eigenvalue weighted by Crippen LogP contribution is 2.27. The highest BCUT2D eigenvalue weighted by molar-refractivity contribution is 6.35. The molecule has 0 saturated heterocycles. The van der Waals surface area contributed by atoms with Gasteiger partial charge in [-0.2, -0.15) is 0 Å². The summed E-state index contributed by atoms with van der Waals surface area (Å²) in [4.78, 5) is 23.9. The number of hydrogen-bond donors (Lipinski definition) is 2. The maximum absolute atomic E-state index is 12.1. The van der Waals surface area contributed by atoms with Crippen LogP contribution in [0.2, 0.25) is 10.0 Å². The molecule has 0 atom stereocenters. The summed E-state index contributed by atoms with van der Waals surface area (Å²) in [5.74, 6) is 0.895. The molecule has 8 heteroatoms. The van der Waals surface area contributed by atoms with Gasteiger partial charge in [-0.25, -0.2) is 0 Å². The lowest BCUT2D eigenvalue weighted by Gasteiger charge is -2.10. The molecule has 2 aromatic rings. The average molecular weight is 439 g/mol. The Bertz CT molecular complexity index is 826. The number of hydrazine groups is 1. The summed E-state index contributed by atoms with van der Waals surface area (Å²) in [7, 11) is 0. The number of hydrogen-bond acceptors (Lipinski definition) is 4. The molecule has 0 aliphatic heterocycles. The second-order valence-corrected chi connectivity index (χ2v) is 7.60. The molecule has 0 aromatic heterocycles. The smallest absolute Gasteiger partial charge is 0.269 e. The van der Waals surface area contributed by atoms with E-state index in [1.807, 2.05) is 0 Å². The summed E-state index contributed by atoms with van der Waals surface area (Å²) in [5.41, 5.74) is 5.19. The standard InChI is InChI=1S/C21H24Cl2N2O4/c1-14(2)13-29-17-8-5-15(6-9-17)21(27)25-24-20(26)4-3-11-28-19-10-7-16(22)12-18(19)23/h5-10,12,14H,3-4,11,13H2,1-2H3,(H,24,26)(H,25,27). The minimum absolute atomic E-state index is 0.188. The van der Waals surface area contributed by atoms with Crippen molar-refractivity contribution in [3.05, 3.63) is 58.1 Å². The molecule has 2 amide bonds. The van der Waals surface area contributed by atoms with Crippen molar-refractivity contribution in [1.82, 2.24) is 10.9 Å². The van der Waals surface area contributed by atoms with Crippen molar-refractivity contribution in [2.45, 2.75) is 26.7 Å². The molecule has 2 rings (SSSR count). The van der Waals surface area contributed by atoms with Gasteiger partial charge in [0.25, 0.3) is 5.91 Å². The molecule has 0 aliphatic carbocycles. The number of amides is 2. The van der Waals surface area contributed by atoms with Gasteiger partial charge in [0.15, 0.2) is 0 Å². The van der Waals surface area contributed by atoms with Gasteiger partial charge in [0.05, 0.1) is 18.2 Å². The lowest BCUT2D eigenvalue weighted by Crippen LogP contribution is -2.41. The molecule has 2 aromatic carbocycles. The van der Waals surface area contributed by atoms with E-state index in [1.165, 1.54) is 0 Å². The van der Waals surface area contributed by atoms with Crippen LogP contribution in [-0.2, 0) is 4.79 Å². The van der Waals surface area contributed by atoms with E-state index < -0.39 is 5.91 Å². The number of rotatable bonds is 9. The first-order chi connectivity index (χ1) is 13.8. The second-order valence-electron chi connectivity index (χ2n) is 6.76. The molecule has 0 spiro atoms. The number of nitrogens with one attached hydrogen (secondary N) is 2. The third kappa shape index (κ3) is 8.21. The molecule has 0 heterocycles. The van der Waals surface area contributed by atoms with Crippen LogP contribution in [0.4, 0.5) is 0 Å². The zero-order valence-corrected chi connectivity index (χ0v) is 17.8. The molecule has 0 bridgehead atoms. The second kappa shape index (κ2) is 11.5. The Balaban J connectivity index is 1.67. The highest BCUT2D eigenvalue weighted by atomic mass is 35.5. The van der Waals surface area contributed by atoms with E-state index >= 15 is 0 Å². The summed E-state index contributed by atoms with van der Waals surface area (Å²) in [5, 5.41) is 0.935. The van der Waals surface area contributed by atoms with Gasteiger partial charge in [-0.15, -0.1) is 0 Å². The van der Waals surface area contributed by atoms with Crippen LogP contribution in [0.25, 0.3) is 0 Å². The largest absolute Gasteiger partial charge is 0.493 e. The molecule has 0 radical (unpaired) electrons. The Kier molecular flexibility index (Phi) is 9.09. The minimum atomic E-state index is -0.405. The zero-order valence-electron chi connectivity index (χ0n) is 16.3. The first-order valence-electron chi connectivity index (χ1n) is 9.25. The van der Waals surface area contributed by atoms with Gasteiger partial charge >= 0.3 is 0 Å². The van der Waals surface area contributed by atoms with E-state index in [1.54, 1.807) is 42.5 Å². The summed E-state index contributed by atoms with van der Waals surface area (Å²) < 4.78 is 11.1. The predicted octanol–water partition coefficient (Wildman–Crippen LogP) is 4.65. The quantitative estimate of drug-likeness (QED) is 0.441. The van der Waals surface area contributed by atoms with E-state index in [0.29, 0.717) is 52.7 Å². The van der Waals surface area contributed by atoms with Gasteiger partial charge < -0.3 is 9.47 Å². The Morgan fingerprint density at radius 1 is 1.00 bits per heavy atom. The van der Waals surface area contributed by atoms with E-state index in [0.717, 1.165) is 0 Å². The van der Waals surface area contributed by atoms with Gasteiger partial charge in [-0.1, -0.05) is 37.0 Å². The van der Waals surface area contributed by atoms with Crippen molar-refractivity contribution in [2.24, 2.45) is 5.92 Å². The average Bonchev–Trinajstić information content (AvgIpc) is 2.69. The van der Waals surface area contributed by atoms with E-state index in [-0.39, 0.29) is 12.3 Å². The minimum Gasteiger partial charge on any atom is -0.493 e. The Morgan fingerprint density at radius 2 is 1.72 bits per heavy atom. The summed E-state index contributed by atoms with van der Waals surface area (Å²) in [6.07, 6.45) is 0.649. The van der Waals surface area contributed by atoms with E-state index in [2.05, 4.69) is 24.7 Å². The summed E-state index contributed by atoms with van der Waals surface area (Å²) >= 11 is 11.8. The Hall–Kier alpha value is -2.44. The molecule has 0 saturated carbocycles. The fraction of sp³-hybridized carbons (Fsp3) is 0.333. The van der Waals surface area contributed by atoms with Crippen LogP contribution < -0.4 is 20.3 Å². The number of carbonyl (C=O) groups excluding carboxylic acids is 2. The number of ether oxygens (including phenoxy) is 2. The first kappa shape index (κ1) is 22.8. The lowest BCUT2D eigenvalue weighted by molar-refractivity contribution is -0.122. The fourth-order valence-corrected chi connectivity index (χ4v) is 2.70. The number of halogens is 2. The molecule has 2 N–H and O–H groups in total. The van der Waals surface area contributed by atoms with Gasteiger partial charge in [0.1, 0.15) is 11.5 Å². The van der Waals surface area contributed by atoms with Crippen molar-refractivity contribution in [3.8, 4) is 11.5 Å². The predicted molar refractivity (Wildman–Crippen MR) is 114 cm³/mol. The van der Waals surface area contributed by atoms with Crippen LogP contribution in [0.15, 0.2) is 42.5 Å². The van der Waals surface area contributed by atoms with Crippen LogP contribution in [0, 0.1) is 5.92 Å². The topological polar surface area (TPSA) is 76.7 Å². The van der Waals surface area contributed by atoms with Crippen LogP contribution in [-0.4, -0.2) is 25.0 Å². The van der Waals surface area contributed by atoms with Crippen LogP contribution in [0.1, 0.15) is 37.0 Å². The van der Waals surface area contributed by atoms with Crippen LogP contribution in [0.3, 0.4) is 0 Å². The molecule has 29 heavy (non-hydrogen) atoms. The zero-order chi connectivity index (χ0) is 21.2. The summed E-state index contributed by atoms with van der Waals surface area (Å²) in [6.45, 7) is 5.03. The van der Waals surface area contributed by atoms with Crippen molar-refractivity contribution >= 4 is 35.0 Å². The first-order valence-corrected chi connectivity index (χ1v) is 10.0. The molecule has 0 fully saturated rings. The third-order valence-electron chi connectivity index (χ3n) is 3.71. The SMILES string of the molecule is CC(C)COc1ccc(C(=O)NNC(=O)CCCOc2ccc(Cl)cc2Cl)cc1. The maximum atomic E-state index is 12.1. The summed E-state index contributed by atoms with van der Waals surface area (Å²) in [6, 6.07) is 11.7. The third-order valence-corrected chi connectivity index (χ3v) is 4.25. The molecule has 156 valence electrons. The van der Waals surface area contributed by atoms with Crippen LogP contribution >= 0.6 is 23.2 Å². The van der Waals surface area contributed by atoms with Gasteiger partial charge in [-0.3, -0.25) is 20.4 Å². The molecule has 0 aliphatic rings. The van der Waals surface area contributed by atoms with Gasteiger partial charge in [0, 0.05) is 17.0 Å². The fourth-order valence-electron chi connectivity index (χ4n) is 2.23. The van der Waals surface area contributed by atoms with Gasteiger partial charge in [-0.05, 0) is 54.8 Å².